The van der Waals surface area contributed by atoms with E-state index in [1.807, 2.05) is 6.07 Å². The van der Waals surface area contributed by atoms with Crippen LogP contribution in [0.5, 0.6) is 0 Å². The lowest BCUT2D eigenvalue weighted by molar-refractivity contribution is 0.285. The minimum atomic E-state index is -3.57. The van der Waals surface area contributed by atoms with Crippen LogP contribution in [0.1, 0.15) is 4.88 Å². The van der Waals surface area contributed by atoms with Crippen molar-refractivity contribution in [3.8, 4) is 0 Å². The van der Waals surface area contributed by atoms with E-state index in [1.165, 1.54) is 6.07 Å². The fraction of sp³-hybridized carbons (Fsp3) is 0.0909. The molecule has 0 aliphatic heterocycles. The zero-order valence-corrected chi connectivity index (χ0v) is 12.9. The van der Waals surface area contributed by atoms with Crippen LogP contribution in [0, 0.1) is 3.57 Å². The Morgan fingerprint density at radius 2 is 2.06 bits per heavy atom. The van der Waals surface area contributed by atoms with Crippen molar-refractivity contribution in [3.63, 3.8) is 0 Å². The summed E-state index contributed by atoms with van der Waals surface area (Å²) in [7, 11) is -3.57. The zero-order valence-electron chi connectivity index (χ0n) is 9.13. The number of sulfonamides is 1. The third kappa shape index (κ3) is 3.22. The first-order valence-electron chi connectivity index (χ1n) is 4.99. The van der Waals surface area contributed by atoms with Gasteiger partial charge in [0.25, 0.3) is 10.0 Å². The number of hydrogen-bond acceptors (Lipinski definition) is 4. The first-order chi connectivity index (χ1) is 8.51. The molecule has 2 aromatic rings. The quantitative estimate of drug-likeness (QED) is 0.783. The second kappa shape index (κ2) is 5.55. The maximum Gasteiger partial charge on any atom is 0.271 e. The standard InChI is InChI=1S/C11H10INO3S2/c12-8-2-1-3-9(6-8)13-18(15,16)11-5-4-10(7-14)17-11/h1-6,13-14H,7H2. The van der Waals surface area contributed by atoms with Gasteiger partial charge in [0.15, 0.2) is 0 Å². The third-order valence-electron chi connectivity index (χ3n) is 2.13. The molecule has 2 N–H and O–H groups in total. The summed E-state index contributed by atoms with van der Waals surface area (Å²) in [6.45, 7) is -0.149. The summed E-state index contributed by atoms with van der Waals surface area (Å²) >= 11 is 3.18. The summed E-state index contributed by atoms with van der Waals surface area (Å²) in [6.07, 6.45) is 0. The Morgan fingerprint density at radius 1 is 1.28 bits per heavy atom. The number of hydrogen-bond donors (Lipinski definition) is 2. The van der Waals surface area contributed by atoms with Gasteiger partial charge in [-0.25, -0.2) is 8.42 Å². The van der Waals surface area contributed by atoms with Crippen molar-refractivity contribution in [1.82, 2.24) is 0 Å². The van der Waals surface area contributed by atoms with E-state index in [2.05, 4.69) is 27.3 Å². The van der Waals surface area contributed by atoms with Gasteiger partial charge in [-0.05, 0) is 52.9 Å². The maximum atomic E-state index is 12.1. The topological polar surface area (TPSA) is 66.4 Å². The molecule has 0 spiro atoms. The minimum Gasteiger partial charge on any atom is -0.391 e. The highest BCUT2D eigenvalue weighted by Gasteiger charge is 2.16. The number of aliphatic hydroxyl groups excluding tert-OH is 1. The summed E-state index contributed by atoms with van der Waals surface area (Å²) in [5, 5.41) is 8.94. The first-order valence-corrected chi connectivity index (χ1v) is 8.37. The van der Waals surface area contributed by atoms with Gasteiger partial charge in [0.1, 0.15) is 4.21 Å². The molecule has 1 heterocycles. The molecule has 0 fully saturated rings. The van der Waals surface area contributed by atoms with Crippen molar-refractivity contribution >= 4 is 49.6 Å². The fourth-order valence-electron chi connectivity index (χ4n) is 1.35. The molecular weight excluding hydrogens is 385 g/mol. The summed E-state index contributed by atoms with van der Waals surface area (Å²) in [5.74, 6) is 0. The molecule has 0 bridgehead atoms. The smallest absolute Gasteiger partial charge is 0.271 e. The van der Waals surface area contributed by atoms with Gasteiger partial charge in [-0.2, -0.15) is 0 Å². The number of nitrogens with one attached hydrogen (secondary N) is 1. The van der Waals surface area contributed by atoms with Gasteiger partial charge in [-0.1, -0.05) is 6.07 Å². The highest BCUT2D eigenvalue weighted by molar-refractivity contribution is 14.1. The predicted octanol–water partition coefficient (Wildman–Crippen LogP) is 2.65. The first kappa shape index (κ1) is 13.8. The van der Waals surface area contributed by atoms with Crippen LogP contribution in [-0.4, -0.2) is 13.5 Å². The monoisotopic (exact) mass is 395 g/mol. The maximum absolute atomic E-state index is 12.1. The molecule has 1 aromatic carbocycles. The lowest BCUT2D eigenvalue weighted by Gasteiger charge is -2.06. The lowest BCUT2D eigenvalue weighted by atomic mass is 10.3. The average molecular weight is 395 g/mol. The molecule has 4 nitrogen and oxygen atoms in total. The van der Waals surface area contributed by atoms with Gasteiger partial charge < -0.3 is 5.11 Å². The Balaban J connectivity index is 2.27. The largest absolute Gasteiger partial charge is 0.391 e. The van der Waals surface area contributed by atoms with Crippen LogP contribution >= 0.6 is 33.9 Å². The van der Waals surface area contributed by atoms with Crippen LogP contribution in [0.4, 0.5) is 5.69 Å². The molecule has 0 amide bonds. The molecule has 0 saturated heterocycles. The summed E-state index contributed by atoms with van der Waals surface area (Å²) < 4.78 is 27.8. The molecule has 0 aliphatic carbocycles. The zero-order chi connectivity index (χ0) is 13.2. The number of aliphatic hydroxyl groups is 1. The lowest BCUT2D eigenvalue weighted by Crippen LogP contribution is -2.11. The van der Waals surface area contributed by atoms with Gasteiger partial charge >= 0.3 is 0 Å². The molecule has 1 aromatic heterocycles. The van der Waals surface area contributed by atoms with E-state index >= 15 is 0 Å². The Bertz CT molecular complexity index is 652. The van der Waals surface area contributed by atoms with Crippen molar-refractivity contribution in [1.29, 1.82) is 0 Å². The molecule has 2 rings (SSSR count). The Hall–Kier alpha value is -0.640. The minimum absolute atomic E-state index is 0.149. The number of halogens is 1. The van der Waals surface area contributed by atoms with E-state index in [-0.39, 0.29) is 10.8 Å². The van der Waals surface area contributed by atoms with Crippen LogP contribution in [0.25, 0.3) is 0 Å². The van der Waals surface area contributed by atoms with Crippen molar-refractivity contribution in [2.24, 2.45) is 0 Å². The Labute approximate surface area is 123 Å². The molecule has 0 unspecified atom stereocenters. The van der Waals surface area contributed by atoms with E-state index in [0.29, 0.717) is 10.6 Å². The van der Waals surface area contributed by atoms with Crippen LogP contribution in [0.2, 0.25) is 0 Å². The molecule has 0 aliphatic rings. The van der Waals surface area contributed by atoms with E-state index in [1.54, 1.807) is 24.3 Å². The van der Waals surface area contributed by atoms with E-state index in [9.17, 15) is 8.42 Å². The fourth-order valence-corrected chi connectivity index (χ4v) is 4.15. The SMILES string of the molecule is O=S(=O)(Nc1cccc(I)c1)c1ccc(CO)s1. The molecule has 0 atom stereocenters. The van der Waals surface area contributed by atoms with Gasteiger partial charge in [0.05, 0.1) is 6.61 Å². The molecule has 7 heteroatoms. The van der Waals surface area contributed by atoms with Crippen molar-refractivity contribution in [2.45, 2.75) is 10.8 Å². The molecule has 0 radical (unpaired) electrons. The molecular formula is C11H10INO3S2. The Kier molecular flexibility index (Phi) is 4.25. The van der Waals surface area contributed by atoms with Gasteiger partial charge in [0.2, 0.25) is 0 Å². The van der Waals surface area contributed by atoms with Crippen LogP contribution in [0.15, 0.2) is 40.6 Å². The summed E-state index contributed by atoms with van der Waals surface area (Å²) in [5.41, 5.74) is 0.529. The number of anilines is 1. The highest BCUT2D eigenvalue weighted by atomic mass is 127. The normalized spacial score (nSPS) is 11.4. The van der Waals surface area contributed by atoms with Crippen LogP contribution in [0.3, 0.4) is 0 Å². The average Bonchev–Trinajstić information content (AvgIpc) is 2.77. The highest BCUT2D eigenvalue weighted by Crippen LogP contribution is 2.24. The van der Waals surface area contributed by atoms with E-state index < -0.39 is 10.0 Å². The van der Waals surface area contributed by atoms with Gasteiger partial charge in [0, 0.05) is 14.1 Å². The summed E-state index contributed by atoms with van der Waals surface area (Å²) in [6, 6.07) is 10.2. The van der Waals surface area contributed by atoms with E-state index in [0.717, 1.165) is 14.9 Å². The predicted molar refractivity (Wildman–Crippen MR) is 80.2 cm³/mol. The number of benzene rings is 1. The van der Waals surface area contributed by atoms with Crippen LogP contribution in [-0.2, 0) is 16.6 Å². The van der Waals surface area contributed by atoms with Gasteiger partial charge in [-0.15, -0.1) is 11.3 Å². The van der Waals surface area contributed by atoms with Gasteiger partial charge in [-0.3, -0.25) is 4.72 Å². The number of thiophene rings is 1. The van der Waals surface area contributed by atoms with Crippen LogP contribution < -0.4 is 4.72 Å². The second-order valence-electron chi connectivity index (χ2n) is 3.49. The molecule has 18 heavy (non-hydrogen) atoms. The van der Waals surface area contributed by atoms with E-state index in [4.69, 9.17) is 5.11 Å². The Morgan fingerprint density at radius 3 is 2.67 bits per heavy atom. The molecule has 0 saturated carbocycles. The third-order valence-corrected chi connectivity index (χ3v) is 5.75. The number of rotatable bonds is 4. The van der Waals surface area contributed by atoms with Crippen molar-refractivity contribution in [2.75, 3.05) is 4.72 Å². The summed E-state index contributed by atoms with van der Waals surface area (Å²) in [4.78, 5) is 0.623. The molecule has 96 valence electrons. The van der Waals surface area contributed by atoms with Crippen molar-refractivity contribution < 1.29 is 13.5 Å². The van der Waals surface area contributed by atoms with Crippen molar-refractivity contribution in [3.05, 3.63) is 44.8 Å². The second-order valence-corrected chi connectivity index (χ2v) is 7.82.